The average Bonchev–Trinajstić information content (AvgIpc) is 2.84. The van der Waals surface area contributed by atoms with Crippen LogP contribution < -0.4 is 10.1 Å². The Hall–Kier alpha value is -1.55. The second kappa shape index (κ2) is 6.94. The Kier molecular flexibility index (Phi) is 4.76. The highest BCUT2D eigenvalue weighted by atomic mass is 16.5. The van der Waals surface area contributed by atoms with Gasteiger partial charge in [-0.2, -0.15) is 0 Å². The van der Waals surface area contributed by atoms with Crippen LogP contribution in [0.1, 0.15) is 32.1 Å². The molecule has 21 heavy (non-hydrogen) atoms. The van der Waals surface area contributed by atoms with Crippen molar-refractivity contribution >= 4 is 5.91 Å². The molecule has 1 aromatic carbocycles. The van der Waals surface area contributed by atoms with E-state index in [1.54, 1.807) is 0 Å². The Labute approximate surface area is 126 Å². The molecule has 0 aromatic heterocycles. The number of carbonyl (C=O) groups is 1. The topological polar surface area (TPSA) is 41.6 Å². The summed E-state index contributed by atoms with van der Waals surface area (Å²) in [5.74, 6) is 1.15. The lowest BCUT2D eigenvalue weighted by molar-refractivity contribution is -0.131. The predicted molar refractivity (Wildman–Crippen MR) is 82.3 cm³/mol. The third kappa shape index (κ3) is 3.97. The summed E-state index contributed by atoms with van der Waals surface area (Å²) in [4.78, 5) is 14.3. The molecule has 3 rings (SSSR count). The molecule has 2 unspecified atom stereocenters. The fourth-order valence-electron chi connectivity index (χ4n) is 3.26. The fourth-order valence-corrected chi connectivity index (χ4v) is 3.26. The largest absolute Gasteiger partial charge is 0.494 e. The Morgan fingerprint density at radius 1 is 1.19 bits per heavy atom. The lowest BCUT2D eigenvalue weighted by atomic mass is 10.1. The van der Waals surface area contributed by atoms with Gasteiger partial charge < -0.3 is 15.0 Å². The minimum absolute atomic E-state index is 0.279. The van der Waals surface area contributed by atoms with Gasteiger partial charge in [0.2, 0.25) is 5.91 Å². The summed E-state index contributed by atoms with van der Waals surface area (Å²) in [6, 6.07) is 10.9. The van der Waals surface area contributed by atoms with Crippen LogP contribution in [0.3, 0.4) is 0 Å². The second-order valence-corrected chi connectivity index (χ2v) is 6.03. The van der Waals surface area contributed by atoms with Crippen LogP contribution in [0, 0.1) is 0 Å². The van der Waals surface area contributed by atoms with Gasteiger partial charge in [-0.25, -0.2) is 0 Å². The third-order valence-electron chi connectivity index (χ3n) is 4.42. The molecule has 1 aromatic rings. The van der Waals surface area contributed by atoms with Gasteiger partial charge in [-0.1, -0.05) is 18.2 Å². The van der Waals surface area contributed by atoms with Gasteiger partial charge in [0.15, 0.2) is 0 Å². The average molecular weight is 288 g/mol. The number of rotatable bonds is 5. The molecule has 2 saturated heterocycles. The molecule has 2 atom stereocenters. The van der Waals surface area contributed by atoms with Crippen molar-refractivity contribution in [2.75, 3.05) is 19.7 Å². The minimum Gasteiger partial charge on any atom is -0.494 e. The molecule has 0 aliphatic carbocycles. The molecular formula is C17H24N2O2. The molecule has 2 fully saturated rings. The number of hydrogen-bond acceptors (Lipinski definition) is 3. The monoisotopic (exact) mass is 288 g/mol. The van der Waals surface area contributed by atoms with E-state index in [9.17, 15) is 4.79 Å². The number of nitrogens with zero attached hydrogens (tertiary/aromatic N) is 1. The normalized spacial score (nSPS) is 24.7. The zero-order chi connectivity index (χ0) is 14.5. The number of hydrogen-bond donors (Lipinski definition) is 1. The van der Waals surface area contributed by atoms with Crippen LogP contribution in [0.25, 0.3) is 0 Å². The van der Waals surface area contributed by atoms with E-state index in [-0.39, 0.29) is 5.91 Å². The first-order valence-corrected chi connectivity index (χ1v) is 8.03. The quantitative estimate of drug-likeness (QED) is 0.845. The second-order valence-electron chi connectivity index (χ2n) is 6.03. The molecule has 1 N–H and O–H groups in total. The third-order valence-corrected chi connectivity index (χ3v) is 4.42. The van der Waals surface area contributed by atoms with Crippen molar-refractivity contribution in [3.63, 3.8) is 0 Å². The standard InChI is InChI=1S/C17H24N2O2/c20-17(7-4-12-21-16-5-2-1-3-6-16)19-11-10-14-8-9-15(13-19)18-14/h1-3,5-6,14-15,18H,4,7-13H2. The van der Waals surface area contributed by atoms with Crippen LogP contribution in [0.5, 0.6) is 5.75 Å². The van der Waals surface area contributed by atoms with Crippen molar-refractivity contribution in [2.24, 2.45) is 0 Å². The summed E-state index contributed by atoms with van der Waals surface area (Å²) in [6.07, 6.45) is 4.96. The zero-order valence-corrected chi connectivity index (χ0v) is 12.5. The van der Waals surface area contributed by atoms with Crippen molar-refractivity contribution in [3.8, 4) is 5.75 Å². The highest BCUT2D eigenvalue weighted by Crippen LogP contribution is 2.21. The molecule has 4 nitrogen and oxygen atoms in total. The van der Waals surface area contributed by atoms with Crippen molar-refractivity contribution in [3.05, 3.63) is 30.3 Å². The first-order valence-electron chi connectivity index (χ1n) is 8.03. The van der Waals surface area contributed by atoms with Gasteiger partial charge in [-0.3, -0.25) is 4.79 Å². The molecule has 114 valence electrons. The Balaban J connectivity index is 1.38. The number of carbonyl (C=O) groups excluding carboxylic acids is 1. The van der Waals surface area contributed by atoms with E-state index in [2.05, 4.69) is 5.32 Å². The molecule has 1 amide bonds. The van der Waals surface area contributed by atoms with E-state index in [0.29, 0.717) is 25.1 Å². The minimum atomic E-state index is 0.279. The van der Waals surface area contributed by atoms with Crippen LogP contribution in [0.15, 0.2) is 30.3 Å². The number of para-hydroxylation sites is 1. The lowest BCUT2D eigenvalue weighted by Crippen LogP contribution is -2.39. The number of amides is 1. The molecule has 2 aliphatic rings. The van der Waals surface area contributed by atoms with Crippen molar-refractivity contribution < 1.29 is 9.53 Å². The molecule has 2 aliphatic heterocycles. The highest BCUT2D eigenvalue weighted by molar-refractivity contribution is 5.76. The van der Waals surface area contributed by atoms with E-state index < -0.39 is 0 Å². The van der Waals surface area contributed by atoms with E-state index in [1.165, 1.54) is 12.8 Å². The van der Waals surface area contributed by atoms with Gasteiger partial charge in [0, 0.05) is 31.6 Å². The molecule has 0 spiro atoms. The Bertz CT molecular complexity index is 463. The summed E-state index contributed by atoms with van der Waals surface area (Å²) in [6.45, 7) is 2.40. The van der Waals surface area contributed by atoms with E-state index in [4.69, 9.17) is 4.74 Å². The Morgan fingerprint density at radius 2 is 2.00 bits per heavy atom. The molecule has 0 saturated carbocycles. The molecule has 2 bridgehead atoms. The van der Waals surface area contributed by atoms with Crippen molar-refractivity contribution in [1.29, 1.82) is 0 Å². The van der Waals surface area contributed by atoms with Gasteiger partial charge in [0.05, 0.1) is 6.61 Å². The van der Waals surface area contributed by atoms with Crippen LogP contribution in [-0.2, 0) is 4.79 Å². The Morgan fingerprint density at radius 3 is 2.86 bits per heavy atom. The number of ether oxygens (including phenoxy) is 1. The predicted octanol–water partition coefficient (Wildman–Crippen LogP) is 2.20. The van der Waals surface area contributed by atoms with Gasteiger partial charge >= 0.3 is 0 Å². The van der Waals surface area contributed by atoms with Crippen LogP contribution >= 0.6 is 0 Å². The van der Waals surface area contributed by atoms with E-state index >= 15 is 0 Å². The van der Waals surface area contributed by atoms with E-state index in [1.807, 2.05) is 35.2 Å². The first kappa shape index (κ1) is 14.4. The fraction of sp³-hybridized carbons (Fsp3) is 0.588. The van der Waals surface area contributed by atoms with Gasteiger partial charge in [-0.05, 0) is 37.8 Å². The van der Waals surface area contributed by atoms with Crippen LogP contribution in [0.2, 0.25) is 0 Å². The van der Waals surface area contributed by atoms with Crippen molar-refractivity contribution in [1.82, 2.24) is 10.2 Å². The van der Waals surface area contributed by atoms with Gasteiger partial charge in [0.25, 0.3) is 0 Å². The van der Waals surface area contributed by atoms with Gasteiger partial charge in [0.1, 0.15) is 5.75 Å². The van der Waals surface area contributed by atoms with Crippen LogP contribution in [-0.4, -0.2) is 42.6 Å². The SMILES string of the molecule is O=C(CCCOc1ccccc1)N1CCC2CCC(C1)N2. The molecule has 0 radical (unpaired) electrons. The highest BCUT2D eigenvalue weighted by Gasteiger charge is 2.30. The molecule has 2 heterocycles. The van der Waals surface area contributed by atoms with Gasteiger partial charge in [-0.15, -0.1) is 0 Å². The number of benzene rings is 1. The molecular weight excluding hydrogens is 264 g/mol. The number of nitrogens with one attached hydrogen (secondary N) is 1. The van der Waals surface area contributed by atoms with Crippen molar-refractivity contribution in [2.45, 2.75) is 44.2 Å². The molecule has 4 heteroatoms. The summed E-state index contributed by atoms with van der Waals surface area (Å²) >= 11 is 0. The smallest absolute Gasteiger partial charge is 0.222 e. The first-order chi connectivity index (χ1) is 10.3. The number of likely N-dealkylation sites (tertiary alicyclic amines) is 1. The zero-order valence-electron chi connectivity index (χ0n) is 12.5. The summed E-state index contributed by atoms with van der Waals surface area (Å²) < 4.78 is 5.63. The summed E-state index contributed by atoms with van der Waals surface area (Å²) in [7, 11) is 0. The maximum Gasteiger partial charge on any atom is 0.222 e. The maximum absolute atomic E-state index is 12.3. The summed E-state index contributed by atoms with van der Waals surface area (Å²) in [5.41, 5.74) is 0. The van der Waals surface area contributed by atoms with Crippen LogP contribution in [0.4, 0.5) is 0 Å². The summed E-state index contributed by atoms with van der Waals surface area (Å²) in [5, 5.41) is 3.61. The van der Waals surface area contributed by atoms with E-state index in [0.717, 1.165) is 31.7 Å². The maximum atomic E-state index is 12.3. The lowest BCUT2D eigenvalue weighted by Gasteiger charge is -2.24. The number of fused-ring (bicyclic) bond motifs is 2.